The Morgan fingerprint density at radius 2 is 2.38 bits per heavy atom. The number of fused-ring (bicyclic) bond motifs is 1. The predicted molar refractivity (Wildman–Crippen MR) is 84.7 cm³/mol. The SMILES string of the molecule is COc1cccc2sc(NC(=O)[C@@H]3CCC[C@@H]3CN)nc12. The molecule has 0 aliphatic heterocycles. The number of hydrogen-bond acceptors (Lipinski definition) is 5. The standard InChI is InChI=1S/C15H19N3O2S/c1-20-11-6-3-7-12-13(11)17-15(21-12)18-14(19)10-5-2-4-9(10)8-16/h3,6-7,9-10H,2,4-5,8,16H2,1H3,(H,17,18,19)/t9-,10-/m1/s1. The maximum atomic E-state index is 12.4. The zero-order valence-electron chi connectivity index (χ0n) is 12.0. The molecule has 2 atom stereocenters. The number of anilines is 1. The van der Waals surface area contributed by atoms with Crippen molar-refractivity contribution in [2.45, 2.75) is 19.3 Å². The van der Waals surface area contributed by atoms with Crippen molar-refractivity contribution in [3.05, 3.63) is 18.2 Å². The number of rotatable bonds is 4. The summed E-state index contributed by atoms with van der Waals surface area (Å²) in [5, 5.41) is 3.57. The van der Waals surface area contributed by atoms with Gasteiger partial charge in [0.2, 0.25) is 5.91 Å². The van der Waals surface area contributed by atoms with Crippen molar-refractivity contribution in [2.24, 2.45) is 17.6 Å². The van der Waals surface area contributed by atoms with Gasteiger partial charge < -0.3 is 15.8 Å². The molecular weight excluding hydrogens is 286 g/mol. The number of nitrogens with two attached hydrogens (primary N) is 1. The number of nitrogens with zero attached hydrogens (tertiary/aromatic N) is 1. The van der Waals surface area contributed by atoms with E-state index in [0.29, 0.717) is 17.6 Å². The molecule has 0 unspecified atom stereocenters. The molecule has 1 saturated carbocycles. The lowest BCUT2D eigenvalue weighted by Crippen LogP contribution is -2.29. The minimum Gasteiger partial charge on any atom is -0.494 e. The summed E-state index contributed by atoms with van der Waals surface area (Å²) in [6.45, 7) is 0.575. The molecule has 1 aromatic heterocycles. The molecule has 1 amide bonds. The Morgan fingerprint density at radius 3 is 3.14 bits per heavy atom. The van der Waals surface area contributed by atoms with Crippen molar-refractivity contribution in [3.8, 4) is 5.75 Å². The second-order valence-corrected chi connectivity index (χ2v) is 6.38. The lowest BCUT2D eigenvalue weighted by atomic mass is 9.95. The summed E-state index contributed by atoms with van der Waals surface area (Å²) in [5.41, 5.74) is 6.54. The van der Waals surface area contributed by atoms with Crippen LogP contribution in [-0.4, -0.2) is 24.5 Å². The third-order valence-corrected chi connectivity index (χ3v) is 5.07. The molecule has 0 bridgehead atoms. The second kappa shape index (κ2) is 5.99. The molecule has 3 rings (SSSR count). The molecule has 6 heteroatoms. The zero-order valence-corrected chi connectivity index (χ0v) is 12.8. The molecule has 0 saturated heterocycles. The topological polar surface area (TPSA) is 77.2 Å². The molecule has 1 heterocycles. The van der Waals surface area contributed by atoms with Crippen LogP contribution in [0.25, 0.3) is 10.2 Å². The van der Waals surface area contributed by atoms with E-state index in [9.17, 15) is 4.79 Å². The van der Waals surface area contributed by atoms with Crippen LogP contribution in [0, 0.1) is 11.8 Å². The van der Waals surface area contributed by atoms with E-state index in [4.69, 9.17) is 10.5 Å². The van der Waals surface area contributed by atoms with Gasteiger partial charge in [-0.25, -0.2) is 4.98 Å². The van der Waals surface area contributed by atoms with E-state index in [0.717, 1.165) is 35.2 Å². The number of amides is 1. The van der Waals surface area contributed by atoms with Crippen molar-refractivity contribution in [3.63, 3.8) is 0 Å². The lowest BCUT2D eigenvalue weighted by molar-refractivity contribution is -0.120. The molecule has 1 aliphatic rings. The summed E-state index contributed by atoms with van der Waals surface area (Å²) in [6, 6.07) is 5.77. The summed E-state index contributed by atoms with van der Waals surface area (Å²) >= 11 is 1.47. The molecule has 5 nitrogen and oxygen atoms in total. The van der Waals surface area contributed by atoms with Crippen LogP contribution in [0.5, 0.6) is 5.75 Å². The van der Waals surface area contributed by atoms with E-state index in [2.05, 4.69) is 10.3 Å². The second-order valence-electron chi connectivity index (χ2n) is 5.35. The van der Waals surface area contributed by atoms with Crippen molar-refractivity contribution < 1.29 is 9.53 Å². The summed E-state index contributed by atoms with van der Waals surface area (Å²) in [5.74, 6) is 1.09. The van der Waals surface area contributed by atoms with Crippen LogP contribution in [0.2, 0.25) is 0 Å². The number of carbonyl (C=O) groups is 1. The number of methoxy groups -OCH3 is 1. The first-order chi connectivity index (χ1) is 10.2. The summed E-state index contributed by atoms with van der Waals surface area (Å²) in [7, 11) is 1.62. The first-order valence-electron chi connectivity index (χ1n) is 7.17. The number of para-hydroxylation sites is 1. The highest BCUT2D eigenvalue weighted by atomic mass is 32.1. The van der Waals surface area contributed by atoms with E-state index in [1.165, 1.54) is 11.3 Å². The maximum Gasteiger partial charge on any atom is 0.229 e. The largest absolute Gasteiger partial charge is 0.494 e. The van der Waals surface area contributed by atoms with E-state index in [1.807, 2.05) is 18.2 Å². The molecule has 0 radical (unpaired) electrons. The fourth-order valence-corrected chi connectivity index (χ4v) is 3.89. The van der Waals surface area contributed by atoms with Crippen molar-refractivity contribution in [1.82, 2.24) is 4.98 Å². The minimum atomic E-state index is 0.0175. The van der Waals surface area contributed by atoms with Gasteiger partial charge >= 0.3 is 0 Å². The highest BCUT2D eigenvalue weighted by molar-refractivity contribution is 7.22. The number of nitrogens with one attached hydrogen (secondary N) is 1. The molecule has 112 valence electrons. The van der Waals surface area contributed by atoms with Crippen LogP contribution in [-0.2, 0) is 4.79 Å². The van der Waals surface area contributed by atoms with Gasteiger partial charge in [0, 0.05) is 5.92 Å². The first-order valence-corrected chi connectivity index (χ1v) is 7.99. The Hall–Kier alpha value is -1.66. The quantitative estimate of drug-likeness (QED) is 0.910. The normalized spacial score (nSPS) is 21.6. The molecule has 1 aromatic carbocycles. The van der Waals surface area contributed by atoms with E-state index in [1.54, 1.807) is 7.11 Å². The summed E-state index contributed by atoms with van der Waals surface area (Å²) < 4.78 is 6.30. The number of carbonyl (C=O) groups excluding carboxylic acids is 1. The predicted octanol–water partition coefficient (Wildman–Crippen LogP) is 2.62. The monoisotopic (exact) mass is 305 g/mol. The average Bonchev–Trinajstić information content (AvgIpc) is 3.12. The summed E-state index contributed by atoms with van der Waals surface area (Å²) in [6.07, 6.45) is 3.04. The fraction of sp³-hybridized carbons (Fsp3) is 0.467. The van der Waals surface area contributed by atoms with E-state index in [-0.39, 0.29) is 11.8 Å². The Bertz CT molecular complexity index is 655. The number of thiazole rings is 1. The van der Waals surface area contributed by atoms with Gasteiger partial charge in [0.05, 0.1) is 11.8 Å². The lowest BCUT2D eigenvalue weighted by Gasteiger charge is -2.16. The first kappa shape index (κ1) is 14.3. The van der Waals surface area contributed by atoms with Gasteiger partial charge in [-0.3, -0.25) is 4.79 Å². The molecule has 1 aliphatic carbocycles. The van der Waals surface area contributed by atoms with Gasteiger partial charge in [0.25, 0.3) is 0 Å². The maximum absolute atomic E-state index is 12.4. The van der Waals surface area contributed by atoms with Crippen LogP contribution in [0.15, 0.2) is 18.2 Å². The fourth-order valence-electron chi connectivity index (χ4n) is 3.00. The van der Waals surface area contributed by atoms with Crippen LogP contribution < -0.4 is 15.8 Å². The Balaban J connectivity index is 1.80. The molecule has 2 aromatic rings. The van der Waals surface area contributed by atoms with Crippen molar-refractivity contribution in [1.29, 1.82) is 0 Å². The summed E-state index contributed by atoms with van der Waals surface area (Å²) in [4.78, 5) is 16.9. The van der Waals surface area contributed by atoms with Crippen LogP contribution in [0.4, 0.5) is 5.13 Å². The van der Waals surface area contributed by atoms with Gasteiger partial charge in [-0.2, -0.15) is 0 Å². The Labute approximate surface area is 127 Å². The average molecular weight is 305 g/mol. The zero-order chi connectivity index (χ0) is 14.8. The third-order valence-electron chi connectivity index (χ3n) is 4.13. The number of hydrogen-bond donors (Lipinski definition) is 2. The van der Waals surface area contributed by atoms with Gasteiger partial charge in [-0.05, 0) is 37.4 Å². The Kier molecular flexibility index (Phi) is 4.07. The third kappa shape index (κ3) is 2.73. The van der Waals surface area contributed by atoms with Crippen LogP contribution in [0.3, 0.4) is 0 Å². The number of aromatic nitrogens is 1. The molecular formula is C15H19N3O2S. The van der Waals surface area contributed by atoms with Crippen LogP contribution in [0.1, 0.15) is 19.3 Å². The van der Waals surface area contributed by atoms with Gasteiger partial charge in [0.15, 0.2) is 5.13 Å². The Morgan fingerprint density at radius 1 is 1.52 bits per heavy atom. The molecule has 3 N–H and O–H groups in total. The van der Waals surface area contributed by atoms with Crippen LogP contribution >= 0.6 is 11.3 Å². The minimum absolute atomic E-state index is 0.0175. The van der Waals surface area contributed by atoms with Gasteiger partial charge in [0.1, 0.15) is 11.3 Å². The number of benzene rings is 1. The van der Waals surface area contributed by atoms with Gasteiger partial charge in [-0.15, -0.1) is 0 Å². The number of ether oxygens (including phenoxy) is 1. The smallest absolute Gasteiger partial charge is 0.229 e. The van der Waals surface area contributed by atoms with Crippen molar-refractivity contribution in [2.75, 3.05) is 19.0 Å². The van der Waals surface area contributed by atoms with Crippen molar-refractivity contribution >= 4 is 32.6 Å². The molecule has 1 fully saturated rings. The highest BCUT2D eigenvalue weighted by Crippen LogP contribution is 2.35. The van der Waals surface area contributed by atoms with E-state index < -0.39 is 0 Å². The molecule has 21 heavy (non-hydrogen) atoms. The highest BCUT2D eigenvalue weighted by Gasteiger charge is 2.32. The van der Waals surface area contributed by atoms with E-state index >= 15 is 0 Å². The van der Waals surface area contributed by atoms with Gasteiger partial charge in [-0.1, -0.05) is 23.8 Å². The molecule has 0 spiro atoms.